The smallest absolute Gasteiger partial charge is 0.263 e. The van der Waals surface area contributed by atoms with Crippen molar-refractivity contribution in [3.8, 4) is 5.75 Å². The summed E-state index contributed by atoms with van der Waals surface area (Å²) in [5.74, 6) is 0.454. The number of amides is 1. The van der Waals surface area contributed by atoms with Crippen molar-refractivity contribution in [3.05, 3.63) is 28.2 Å². The van der Waals surface area contributed by atoms with Crippen molar-refractivity contribution in [3.63, 3.8) is 0 Å². The van der Waals surface area contributed by atoms with Crippen molar-refractivity contribution >= 4 is 29.1 Å². The second-order valence-corrected chi connectivity index (χ2v) is 5.45. The zero-order valence-electron chi connectivity index (χ0n) is 12.2. The molecule has 0 N–H and O–H groups in total. The third-order valence-electron chi connectivity index (χ3n) is 3.02. The summed E-state index contributed by atoms with van der Waals surface area (Å²) in [4.78, 5) is 14.1. The Kier molecular flexibility index (Phi) is 7.17. The standard InChI is InChI=1S/C15H21Cl2NO2/c1-4-6-9-18(5-2)15(19)11(3)20-14-8-7-12(16)10-13(14)17/h7-8,10-11H,4-6,9H2,1-3H3. The highest BCUT2D eigenvalue weighted by molar-refractivity contribution is 6.35. The minimum Gasteiger partial charge on any atom is -0.479 e. The van der Waals surface area contributed by atoms with Crippen LogP contribution in [-0.4, -0.2) is 30.0 Å². The fraction of sp³-hybridized carbons (Fsp3) is 0.533. The highest BCUT2D eigenvalue weighted by Crippen LogP contribution is 2.28. The molecule has 0 fully saturated rings. The molecule has 0 aliphatic heterocycles. The lowest BCUT2D eigenvalue weighted by molar-refractivity contribution is -0.137. The molecule has 0 aliphatic rings. The van der Waals surface area contributed by atoms with Gasteiger partial charge in [0.2, 0.25) is 0 Å². The Labute approximate surface area is 130 Å². The maximum absolute atomic E-state index is 12.3. The highest BCUT2D eigenvalue weighted by atomic mass is 35.5. The van der Waals surface area contributed by atoms with Crippen molar-refractivity contribution in [1.29, 1.82) is 0 Å². The number of ether oxygens (including phenoxy) is 1. The first-order valence-electron chi connectivity index (χ1n) is 6.90. The van der Waals surface area contributed by atoms with Crippen molar-refractivity contribution in [1.82, 2.24) is 4.90 Å². The average Bonchev–Trinajstić information content (AvgIpc) is 2.42. The van der Waals surface area contributed by atoms with Gasteiger partial charge in [-0.25, -0.2) is 0 Å². The van der Waals surface area contributed by atoms with Gasteiger partial charge in [0.25, 0.3) is 5.91 Å². The zero-order valence-corrected chi connectivity index (χ0v) is 13.7. The van der Waals surface area contributed by atoms with Crippen LogP contribution in [0.2, 0.25) is 10.0 Å². The predicted octanol–water partition coefficient (Wildman–Crippen LogP) is 4.41. The second kappa shape index (κ2) is 8.38. The summed E-state index contributed by atoms with van der Waals surface area (Å²) >= 11 is 11.9. The van der Waals surface area contributed by atoms with Crippen molar-refractivity contribution in [2.24, 2.45) is 0 Å². The van der Waals surface area contributed by atoms with Gasteiger partial charge in [-0.1, -0.05) is 36.5 Å². The van der Waals surface area contributed by atoms with Gasteiger partial charge in [-0.3, -0.25) is 4.79 Å². The first-order chi connectivity index (χ1) is 9.49. The van der Waals surface area contributed by atoms with E-state index in [2.05, 4.69) is 6.92 Å². The molecule has 0 aliphatic carbocycles. The second-order valence-electron chi connectivity index (χ2n) is 4.61. The summed E-state index contributed by atoms with van der Waals surface area (Å²) in [5, 5.41) is 0.952. The van der Waals surface area contributed by atoms with Crippen LogP contribution in [0.4, 0.5) is 0 Å². The van der Waals surface area contributed by atoms with Gasteiger partial charge < -0.3 is 9.64 Å². The van der Waals surface area contributed by atoms with Crippen LogP contribution in [0.25, 0.3) is 0 Å². The van der Waals surface area contributed by atoms with E-state index < -0.39 is 6.10 Å². The topological polar surface area (TPSA) is 29.5 Å². The number of hydrogen-bond donors (Lipinski definition) is 0. The van der Waals surface area contributed by atoms with Gasteiger partial charge in [0.1, 0.15) is 5.75 Å². The summed E-state index contributed by atoms with van der Waals surface area (Å²) in [7, 11) is 0. The van der Waals surface area contributed by atoms with Crippen LogP contribution < -0.4 is 4.74 Å². The van der Waals surface area contributed by atoms with E-state index in [-0.39, 0.29) is 5.91 Å². The Morgan fingerprint density at radius 1 is 1.35 bits per heavy atom. The van der Waals surface area contributed by atoms with E-state index in [1.165, 1.54) is 0 Å². The SMILES string of the molecule is CCCCN(CC)C(=O)C(C)Oc1ccc(Cl)cc1Cl. The number of carbonyl (C=O) groups is 1. The van der Waals surface area contributed by atoms with Gasteiger partial charge in [-0.2, -0.15) is 0 Å². The van der Waals surface area contributed by atoms with Crippen molar-refractivity contribution in [2.45, 2.75) is 39.7 Å². The molecule has 1 atom stereocenters. The van der Waals surface area contributed by atoms with Crippen LogP contribution in [0.1, 0.15) is 33.6 Å². The Bertz CT molecular complexity index is 451. The molecule has 1 amide bonds. The lowest BCUT2D eigenvalue weighted by Crippen LogP contribution is -2.40. The zero-order chi connectivity index (χ0) is 15.1. The number of likely N-dealkylation sites (N-methyl/N-ethyl adjacent to an activating group) is 1. The minimum atomic E-state index is -0.564. The molecular weight excluding hydrogens is 297 g/mol. The Hall–Kier alpha value is -0.930. The van der Waals surface area contributed by atoms with E-state index in [9.17, 15) is 4.79 Å². The molecule has 112 valence electrons. The van der Waals surface area contributed by atoms with E-state index >= 15 is 0 Å². The maximum atomic E-state index is 12.3. The van der Waals surface area contributed by atoms with Crippen LogP contribution in [0, 0.1) is 0 Å². The summed E-state index contributed by atoms with van der Waals surface area (Å²) in [6.07, 6.45) is 1.49. The fourth-order valence-electron chi connectivity index (χ4n) is 1.84. The molecule has 1 unspecified atom stereocenters. The minimum absolute atomic E-state index is 0.0213. The largest absolute Gasteiger partial charge is 0.479 e. The highest BCUT2D eigenvalue weighted by Gasteiger charge is 2.21. The molecule has 0 saturated carbocycles. The van der Waals surface area contributed by atoms with Gasteiger partial charge in [0.05, 0.1) is 5.02 Å². The van der Waals surface area contributed by atoms with Gasteiger partial charge in [0.15, 0.2) is 6.10 Å². The molecule has 3 nitrogen and oxygen atoms in total. The van der Waals surface area contributed by atoms with Gasteiger partial charge in [0, 0.05) is 18.1 Å². The molecule has 0 radical (unpaired) electrons. The van der Waals surface area contributed by atoms with Crippen molar-refractivity contribution in [2.75, 3.05) is 13.1 Å². The summed E-state index contributed by atoms with van der Waals surface area (Å²) in [5.41, 5.74) is 0. The van der Waals surface area contributed by atoms with Crippen LogP contribution >= 0.6 is 23.2 Å². The molecule has 0 saturated heterocycles. The van der Waals surface area contributed by atoms with E-state index in [0.29, 0.717) is 22.3 Å². The fourth-order valence-corrected chi connectivity index (χ4v) is 2.29. The number of nitrogens with zero attached hydrogens (tertiary/aromatic N) is 1. The van der Waals surface area contributed by atoms with E-state index in [0.717, 1.165) is 19.4 Å². The van der Waals surface area contributed by atoms with E-state index in [1.807, 2.05) is 6.92 Å². The Morgan fingerprint density at radius 2 is 2.05 bits per heavy atom. The summed E-state index contributed by atoms with van der Waals surface area (Å²) in [6.45, 7) is 7.25. The predicted molar refractivity (Wildman–Crippen MR) is 83.7 cm³/mol. The molecule has 0 aromatic heterocycles. The third-order valence-corrected chi connectivity index (χ3v) is 3.55. The van der Waals surface area contributed by atoms with E-state index in [4.69, 9.17) is 27.9 Å². The first kappa shape index (κ1) is 17.1. The quantitative estimate of drug-likeness (QED) is 0.745. The molecular formula is C15H21Cl2NO2. The number of halogens is 2. The number of unbranched alkanes of at least 4 members (excludes halogenated alkanes) is 1. The summed E-state index contributed by atoms with van der Waals surface area (Å²) in [6, 6.07) is 4.97. The van der Waals surface area contributed by atoms with Crippen molar-refractivity contribution < 1.29 is 9.53 Å². The third kappa shape index (κ3) is 4.88. The van der Waals surface area contributed by atoms with Gasteiger partial charge in [-0.15, -0.1) is 0 Å². The first-order valence-corrected chi connectivity index (χ1v) is 7.65. The Balaban J connectivity index is 2.68. The van der Waals surface area contributed by atoms with E-state index in [1.54, 1.807) is 30.0 Å². The van der Waals surface area contributed by atoms with Gasteiger partial charge >= 0.3 is 0 Å². The molecule has 0 heterocycles. The molecule has 1 aromatic carbocycles. The van der Waals surface area contributed by atoms with Crippen LogP contribution in [0.5, 0.6) is 5.75 Å². The number of rotatable bonds is 7. The molecule has 1 rings (SSSR count). The lowest BCUT2D eigenvalue weighted by Gasteiger charge is -2.25. The monoisotopic (exact) mass is 317 g/mol. The number of benzene rings is 1. The van der Waals surface area contributed by atoms with Crippen LogP contribution in [-0.2, 0) is 4.79 Å². The van der Waals surface area contributed by atoms with Gasteiger partial charge in [-0.05, 0) is 38.5 Å². The average molecular weight is 318 g/mol. The molecule has 0 bridgehead atoms. The molecule has 1 aromatic rings. The Morgan fingerprint density at radius 3 is 2.60 bits per heavy atom. The molecule has 20 heavy (non-hydrogen) atoms. The number of hydrogen-bond acceptors (Lipinski definition) is 2. The number of carbonyl (C=O) groups excluding carboxylic acids is 1. The van der Waals surface area contributed by atoms with Crippen LogP contribution in [0.3, 0.4) is 0 Å². The maximum Gasteiger partial charge on any atom is 0.263 e. The molecule has 0 spiro atoms. The lowest BCUT2D eigenvalue weighted by atomic mass is 10.2. The van der Waals surface area contributed by atoms with Crippen LogP contribution in [0.15, 0.2) is 18.2 Å². The summed E-state index contributed by atoms with van der Waals surface area (Å²) < 4.78 is 5.64. The molecule has 5 heteroatoms. The normalized spacial score (nSPS) is 12.1.